The van der Waals surface area contributed by atoms with E-state index in [-0.39, 0.29) is 6.04 Å². The van der Waals surface area contributed by atoms with Crippen molar-refractivity contribution in [3.05, 3.63) is 23.8 Å². The molecule has 0 aliphatic rings. The smallest absolute Gasteiger partial charge is 0.127 e. The van der Waals surface area contributed by atoms with Crippen molar-refractivity contribution < 1.29 is 14.2 Å². The van der Waals surface area contributed by atoms with Crippen LogP contribution < -0.4 is 15.2 Å². The fourth-order valence-corrected chi connectivity index (χ4v) is 1.66. The van der Waals surface area contributed by atoms with Crippen LogP contribution in [-0.2, 0) is 4.74 Å². The summed E-state index contributed by atoms with van der Waals surface area (Å²) in [6.45, 7) is 3.87. The highest BCUT2D eigenvalue weighted by Gasteiger charge is 2.31. The number of benzene rings is 1. The van der Waals surface area contributed by atoms with Gasteiger partial charge >= 0.3 is 0 Å². The van der Waals surface area contributed by atoms with Gasteiger partial charge in [0.15, 0.2) is 0 Å². The standard InChI is InChI=1S/C13H21NO3/c1-13(2,17-5)12(14)11-9(15-3)7-6-8-10(11)16-4/h6-8,12H,14H2,1-5H3. The van der Waals surface area contributed by atoms with Gasteiger partial charge in [-0.1, -0.05) is 6.07 Å². The average Bonchev–Trinajstić information content (AvgIpc) is 2.36. The molecule has 0 spiro atoms. The lowest BCUT2D eigenvalue weighted by atomic mass is 9.91. The number of hydrogen-bond donors (Lipinski definition) is 1. The van der Waals surface area contributed by atoms with E-state index >= 15 is 0 Å². The van der Waals surface area contributed by atoms with Crippen LogP contribution in [0.15, 0.2) is 18.2 Å². The molecule has 1 aromatic rings. The molecule has 1 atom stereocenters. The lowest BCUT2D eigenvalue weighted by molar-refractivity contribution is -0.00115. The Hall–Kier alpha value is -1.26. The summed E-state index contributed by atoms with van der Waals surface area (Å²) in [5.41, 5.74) is 6.58. The molecule has 0 amide bonds. The first-order chi connectivity index (χ1) is 7.97. The highest BCUT2D eigenvalue weighted by atomic mass is 16.5. The molecule has 0 saturated carbocycles. The summed E-state index contributed by atoms with van der Waals surface area (Å²) < 4.78 is 16.1. The van der Waals surface area contributed by atoms with Crippen LogP contribution in [0.2, 0.25) is 0 Å². The molecule has 1 rings (SSSR count). The predicted molar refractivity (Wildman–Crippen MR) is 67.6 cm³/mol. The summed E-state index contributed by atoms with van der Waals surface area (Å²) in [5.74, 6) is 1.42. The van der Waals surface area contributed by atoms with E-state index in [4.69, 9.17) is 19.9 Å². The molecule has 0 fully saturated rings. The van der Waals surface area contributed by atoms with Crippen LogP contribution >= 0.6 is 0 Å². The molecular formula is C13H21NO3. The van der Waals surface area contributed by atoms with Crippen LogP contribution in [-0.4, -0.2) is 26.9 Å². The number of methoxy groups -OCH3 is 3. The highest BCUT2D eigenvalue weighted by Crippen LogP contribution is 2.38. The zero-order valence-electron chi connectivity index (χ0n) is 11.1. The number of ether oxygens (including phenoxy) is 3. The molecular weight excluding hydrogens is 218 g/mol. The Morgan fingerprint density at radius 2 is 1.53 bits per heavy atom. The maximum atomic E-state index is 6.25. The molecule has 0 radical (unpaired) electrons. The van der Waals surface area contributed by atoms with Gasteiger partial charge in [-0.2, -0.15) is 0 Å². The third kappa shape index (κ3) is 2.70. The van der Waals surface area contributed by atoms with Gasteiger partial charge in [-0.15, -0.1) is 0 Å². The van der Waals surface area contributed by atoms with Gasteiger partial charge in [-0.3, -0.25) is 0 Å². The number of hydrogen-bond acceptors (Lipinski definition) is 4. The van der Waals surface area contributed by atoms with Crippen LogP contribution in [0.25, 0.3) is 0 Å². The second-order valence-corrected chi connectivity index (χ2v) is 4.36. The second-order valence-electron chi connectivity index (χ2n) is 4.36. The first kappa shape index (κ1) is 13.8. The van der Waals surface area contributed by atoms with Gasteiger partial charge in [0.2, 0.25) is 0 Å². The Morgan fingerprint density at radius 3 is 1.88 bits per heavy atom. The molecule has 0 heterocycles. The van der Waals surface area contributed by atoms with E-state index in [9.17, 15) is 0 Å². The average molecular weight is 239 g/mol. The van der Waals surface area contributed by atoms with Gasteiger partial charge in [0.05, 0.1) is 31.4 Å². The maximum absolute atomic E-state index is 6.25. The van der Waals surface area contributed by atoms with E-state index in [1.54, 1.807) is 21.3 Å². The van der Waals surface area contributed by atoms with Gasteiger partial charge in [0.25, 0.3) is 0 Å². The number of nitrogens with two attached hydrogens (primary N) is 1. The van der Waals surface area contributed by atoms with Crippen molar-refractivity contribution in [3.63, 3.8) is 0 Å². The van der Waals surface area contributed by atoms with Crippen LogP contribution in [0.4, 0.5) is 0 Å². The molecule has 4 nitrogen and oxygen atoms in total. The Labute approximate surface area is 103 Å². The van der Waals surface area contributed by atoms with Crippen molar-refractivity contribution in [2.45, 2.75) is 25.5 Å². The van der Waals surface area contributed by atoms with Crippen molar-refractivity contribution in [2.75, 3.05) is 21.3 Å². The molecule has 2 N–H and O–H groups in total. The van der Waals surface area contributed by atoms with Gasteiger partial charge in [0, 0.05) is 7.11 Å². The van der Waals surface area contributed by atoms with Crippen molar-refractivity contribution >= 4 is 0 Å². The predicted octanol–water partition coefficient (Wildman–Crippen LogP) is 2.13. The van der Waals surface area contributed by atoms with E-state index in [1.807, 2.05) is 32.0 Å². The van der Waals surface area contributed by atoms with E-state index in [0.29, 0.717) is 11.5 Å². The summed E-state index contributed by atoms with van der Waals surface area (Å²) in [4.78, 5) is 0. The van der Waals surface area contributed by atoms with E-state index in [1.165, 1.54) is 0 Å². The quantitative estimate of drug-likeness (QED) is 0.855. The van der Waals surface area contributed by atoms with Crippen LogP contribution in [0.3, 0.4) is 0 Å². The molecule has 0 aliphatic carbocycles. The largest absolute Gasteiger partial charge is 0.496 e. The molecule has 17 heavy (non-hydrogen) atoms. The summed E-state index contributed by atoms with van der Waals surface area (Å²) in [5, 5.41) is 0. The minimum absolute atomic E-state index is 0.335. The second kappa shape index (κ2) is 5.38. The minimum atomic E-state index is -0.498. The van der Waals surface area contributed by atoms with Crippen molar-refractivity contribution in [1.82, 2.24) is 0 Å². The van der Waals surface area contributed by atoms with E-state index < -0.39 is 5.60 Å². The monoisotopic (exact) mass is 239 g/mol. The van der Waals surface area contributed by atoms with Gasteiger partial charge < -0.3 is 19.9 Å². The summed E-state index contributed by atoms with van der Waals surface area (Å²) in [6.07, 6.45) is 0. The van der Waals surface area contributed by atoms with Gasteiger partial charge in [0.1, 0.15) is 11.5 Å². The normalized spacial score (nSPS) is 13.3. The molecule has 0 aliphatic heterocycles. The molecule has 1 aromatic carbocycles. The maximum Gasteiger partial charge on any atom is 0.127 e. The molecule has 0 aromatic heterocycles. The Bertz CT molecular complexity index is 355. The summed E-state index contributed by atoms with van der Waals surface area (Å²) in [6, 6.07) is 5.26. The lowest BCUT2D eigenvalue weighted by Gasteiger charge is -2.32. The summed E-state index contributed by atoms with van der Waals surface area (Å²) in [7, 11) is 4.87. The van der Waals surface area contributed by atoms with Crippen LogP contribution in [0.1, 0.15) is 25.5 Å². The Balaban J connectivity index is 3.27. The van der Waals surface area contributed by atoms with Gasteiger partial charge in [-0.05, 0) is 26.0 Å². The van der Waals surface area contributed by atoms with Crippen molar-refractivity contribution in [1.29, 1.82) is 0 Å². The Kier molecular flexibility index (Phi) is 4.37. The lowest BCUT2D eigenvalue weighted by Crippen LogP contribution is -2.37. The third-order valence-corrected chi connectivity index (χ3v) is 3.05. The first-order valence-electron chi connectivity index (χ1n) is 5.49. The summed E-state index contributed by atoms with van der Waals surface area (Å²) >= 11 is 0. The van der Waals surface area contributed by atoms with Crippen LogP contribution in [0.5, 0.6) is 11.5 Å². The van der Waals surface area contributed by atoms with Crippen molar-refractivity contribution in [3.8, 4) is 11.5 Å². The van der Waals surface area contributed by atoms with E-state index in [2.05, 4.69) is 0 Å². The Morgan fingerprint density at radius 1 is 1.06 bits per heavy atom. The SMILES string of the molecule is COc1cccc(OC)c1C(N)C(C)(C)OC. The molecule has 96 valence electrons. The van der Waals surface area contributed by atoms with Gasteiger partial charge in [-0.25, -0.2) is 0 Å². The zero-order valence-corrected chi connectivity index (χ0v) is 11.1. The highest BCUT2D eigenvalue weighted by molar-refractivity contribution is 5.47. The minimum Gasteiger partial charge on any atom is -0.496 e. The van der Waals surface area contributed by atoms with E-state index in [0.717, 1.165) is 5.56 Å². The first-order valence-corrected chi connectivity index (χ1v) is 5.49. The molecule has 0 bridgehead atoms. The molecule has 4 heteroatoms. The zero-order chi connectivity index (χ0) is 13.1. The molecule has 0 saturated heterocycles. The third-order valence-electron chi connectivity index (χ3n) is 3.05. The molecule has 1 unspecified atom stereocenters. The van der Waals surface area contributed by atoms with Crippen molar-refractivity contribution in [2.24, 2.45) is 5.73 Å². The fraction of sp³-hybridized carbons (Fsp3) is 0.538. The fourth-order valence-electron chi connectivity index (χ4n) is 1.66. The van der Waals surface area contributed by atoms with Crippen LogP contribution in [0, 0.1) is 0 Å². The number of rotatable bonds is 5. The topological polar surface area (TPSA) is 53.7 Å².